The maximum Gasteiger partial charge on any atom is 0.313 e. The van der Waals surface area contributed by atoms with Crippen molar-refractivity contribution in [2.75, 3.05) is 0 Å². The number of hydrogen-bond acceptors (Lipinski definition) is 10. The van der Waals surface area contributed by atoms with Crippen molar-refractivity contribution in [3.8, 4) is 0 Å². The van der Waals surface area contributed by atoms with Crippen LogP contribution in [0.4, 0.5) is 0 Å². The molecule has 1 saturated heterocycles. The number of rotatable bonds is 4. The lowest BCUT2D eigenvalue weighted by molar-refractivity contribution is -0.202. The molecule has 2 saturated carbocycles. The third-order valence-corrected chi connectivity index (χ3v) is 9.21. The topological polar surface area (TPSA) is 132 Å². The standard InChI is InChI=1S/C28H38O10/c1-12-19(35-14(3)30)11-17-23-22-20(26(33)38-23)18(34-13(2)29)9-10-28(22,8)25(37-16(5)32)24(36-15(4)31)21(12)27(17,6)7/h17-20,22-25H,9-11H2,1-8H3/t17-,18-,19-,20+,22-,23?,24+,25-,28+/m0/s1. The minimum absolute atomic E-state index is 0.323. The van der Waals surface area contributed by atoms with Gasteiger partial charge in [-0.3, -0.25) is 24.0 Å². The van der Waals surface area contributed by atoms with Crippen molar-refractivity contribution in [2.24, 2.45) is 28.6 Å². The van der Waals surface area contributed by atoms with Crippen LogP contribution >= 0.6 is 0 Å². The molecule has 9 atom stereocenters. The third kappa shape index (κ3) is 4.49. The Balaban J connectivity index is 2.00. The fraction of sp³-hybridized carbons (Fsp3) is 0.750. The molecule has 0 amide bonds. The quantitative estimate of drug-likeness (QED) is 0.301. The van der Waals surface area contributed by atoms with Crippen molar-refractivity contribution in [1.29, 1.82) is 0 Å². The van der Waals surface area contributed by atoms with Crippen molar-refractivity contribution in [3.63, 3.8) is 0 Å². The molecule has 3 aliphatic carbocycles. The van der Waals surface area contributed by atoms with E-state index in [0.717, 1.165) is 5.57 Å². The Labute approximate surface area is 222 Å². The van der Waals surface area contributed by atoms with E-state index in [2.05, 4.69) is 0 Å². The van der Waals surface area contributed by atoms with Gasteiger partial charge in [0.25, 0.3) is 0 Å². The molecule has 1 aliphatic heterocycles. The van der Waals surface area contributed by atoms with Crippen LogP contribution in [0.5, 0.6) is 0 Å². The number of carbonyl (C=O) groups excluding carboxylic acids is 5. The molecule has 1 heterocycles. The van der Waals surface area contributed by atoms with Crippen molar-refractivity contribution < 1.29 is 47.7 Å². The van der Waals surface area contributed by atoms with Gasteiger partial charge in [0.05, 0.1) is 0 Å². The molecule has 0 aromatic rings. The van der Waals surface area contributed by atoms with Crippen LogP contribution in [0.3, 0.4) is 0 Å². The molecule has 2 bridgehead atoms. The van der Waals surface area contributed by atoms with Crippen molar-refractivity contribution in [2.45, 2.75) is 105 Å². The summed E-state index contributed by atoms with van der Waals surface area (Å²) in [6.45, 7) is 13.0. The smallest absolute Gasteiger partial charge is 0.313 e. The Hall–Kier alpha value is -2.91. The second-order valence-corrected chi connectivity index (χ2v) is 12.0. The van der Waals surface area contributed by atoms with Gasteiger partial charge in [-0.05, 0) is 42.7 Å². The number of carbonyl (C=O) groups is 5. The SMILES string of the molecule is CC(=O)O[C@H]1C[C@H]2C3OC(=O)[C@@H]4[C@@H](OC(C)=O)CC[C@](C)([C@H]34)[C@@H](OC(C)=O)[C@H](OC(C)=O)C(=C1C)C2(C)C. The maximum absolute atomic E-state index is 13.5. The number of hydrogen-bond donors (Lipinski definition) is 0. The minimum Gasteiger partial charge on any atom is -0.462 e. The normalized spacial score (nSPS) is 39.1. The highest BCUT2D eigenvalue weighted by atomic mass is 16.6. The van der Waals surface area contributed by atoms with E-state index in [1.807, 2.05) is 27.7 Å². The Morgan fingerprint density at radius 1 is 0.868 bits per heavy atom. The largest absolute Gasteiger partial charge is 0.462 e. The van der Waals surface area contributed by atoms with Crippen LogP contribution < -0.4 is 0 Å². The molecule has 4 aliphatic rings. The highest BCUT2D eigenvalue weighted by Crippen LogP contribution is 2.63. The van der Waals surface area contributed by atoms with Gasteiger partial charge in [-0.25, -0.2) is 0 Å². The molecule has 4 rings (SSSR count). The zero-order valence-electron chi connectivity index (χ0n) is 23.3. The average Bonchev–Trinajstić information content (AvgIpc) is 3.12. The summed E-state index contributed by atoms with van der Waals surface area (Å²) in [7, 11) is 0. The summed E-state index contributed by atoms with van der Waals surface area (Å²) >= 11 is 0. The molecule has 210 valence electrons. The molecule has 1 unspecified atom stereocenters. The fourth-order valence-electron chi connectivity index (χ4n) is 7.84. The first-order valence-corrected chi connectivity index (χ1v) is 13.2. The highest BCUT2D eigenvalue weighted by molar-refractivity contribution is 5.78. The number of fused-ring (bicyclic) bond motifs is 3. The molecule has 3 fully saturated rings. The highest BCUT2D eigenvalue weighted by Gasteiger charge is 2.69. The molecule has 0 aromatic heterocycles. The molecular formula is C28H38O10. The molecule has 0 radical (unpaired) electrons. The summed E-state index contributed by atoms with van der Waals surface area (Å²) in [5.74, 6) is -4.18. The molecule has 0 N–H and O–H groups in total. The van der Waals surface area contributed by atoms with Crippen LogP contribution in [0.25, 0.3) is 0 Å². The molecular weight excluding hydrogens is 496 g/mol. The summed E-state index contributed by atoms with van der Waals surface area (Å²) < 4.78 is 29.4. The zero-order valence-corrected chi connectivity index (χ0v) is 23.3. The van der Waals surface area contributed by atoms with Crippen LogP contribution in [-0.4, -0.2) is 60.4 Å². The first kappa shape index (κ1) is 28.1. The summed E-state index contributed by atoms with van der Waals surface area (Å²) in [6.07, 6.45) is -2.75. The second kappa shape index (κ2) is 9.68. The number of ether oxygens (including phenoxy) is 5. The fourth-order valence-corrected chi connectivity index (χ4v) is 7.84. The van der Waals surface area contributed by atoms with Gasteiger partial charge in [0.2, 0.25) is 0 Å². The average molecular weight is 535 g/mol. The predicted octanol–water partition coefficient (Wildman–Crippen LogP) is 3.05. The Morgan fingerprint density at radius 2 is 1.45 bits per heavy atom. The summed E-state index contributed by atoms with van der Waals surface area (Å²) in [4.78, 5) is 62.5. The van der Waals surface area contributed by atoms with E-state index < -0.39 is 83.0 Å². The summed E-state index contributed by atoms with van der Waals surface area (Å²) in [5.41, 5.74) is -0.142. The van der Waals surface area contributed by atoms with Gasteiger partial charge in [0.15, 0.2) is 6.10 Å². The van der Waals surface area contributed by atoms with Gasteiger partial charge in [-0.2, -0.15) is 0 Å². The number of esters is 5. The molecule has 0 aromatic carbocycles. The minimum atomic E-state index is -0.986. The van der Waals surface area contributed by atoms with E-state index in [4.69, 9.17) is 23.7 Å². The molecule has 10 nitrogen and oxygen atoms in total. The lowest BCUT2D eigenvalue weighted by Crippen LogP contribution is -2.63. The van der Waals surface area contributed by atoms with Crippen LogP contribution in [0.2, 0.25) is 0 Å². The van der Waals surface area contributed by atoms with Gasteiger partial charge in [0, 0.05) is 44.9 Å². The Morgan fingerprint density at radius 3 is 2.00 bits per heavy atom. The van der Waals surface area contributed by atoms with Gasteiger partial charge < -0.3 is 23.7 Å². The second-order valence-electron chi connectivity index (χ2n) is 12.0. The van der Waals surface area contributed by atoms with E-state index in [9.17, 15) is 24.0 Å². The van der Waals surface area contributed by atoms with Crippen molar-refractivity contribution in [1.82, 2.24) is 0 Å². The van der Waals surface area contributed by atoms with E-state index in [1.54, 1.807) is 0 Å². The zero-order chi connectivity index (χ0) is 28.3. The van der Waals surface area contributed by atoms with Crippen LogP contribution in [0.15, 0.2) is 11.1 Å². The van der Waals surface area contributed by atoms with Crippen LogP contribution in [0, 0.1) is 28.6 Å². The van der Waals surface area contributed by atoms with E-state index in [1.165, 1.54) is 27.7 Å². The van der Waals surface area contributed by atoms with Gasteiger partial charge in [-0.1, -0.05) is 20.8 Å². The Kier molecular flexibility index (Phi) is 7.16. The van der Waals surface area contributed by atoms with Gasteiger partial charge >= 0.3 is 29.8 Å². The Bertz CT molecular complexity index is 1090. The molecule has 10 heteroatoms. The van der Waals surface area contributed by atoms with E-state index in [-0.39, 0.29) is 5.92 Å². The molecule has 38 heavy (non-hydrogen) atoms. The van der Waals surface area contributed by atoms with Gasteiger partial charge in [-0.15, -0.1) is 0 Å². The van der Waals surface area contributed by atoms with Crippen LogP contribution in [-0.2, 0) is 47.7 Å². The lowest BCUT2D eigenvalue weighted by Gasteiger charge is -2.58. The monoisotopic (exact) mass is 534 g/mol. The molecule has 0 spiro atoms. The van der Waals surface area contributed by atoms with E-state index >= 15 is 0 Å². The summed E-state index contributed by atoms with van der Waals surface area (Å²) in [5, 5.41) is 0. The summed E-state index contributed by atoms with van der Waals surface area (Å²) in [6, 6.07) is 0. The van der Waals surface area contributed by atoms with Crippen molar-refractivity contribution >= 4 is 29.8 Å². The van der Waals surface area contributed by atoms with E-state index in [0.29, 0.717) is 24.8 Å². The first-order chi connectivity index (χ1) is 17.6. The lowest BCUT2D eigenvalue weighted by atomic mass is 9.49. The van der Waals surface area contributed by atoms with Crippen molar-refractivity contribution in [3.05, 3.63) is 11.1 Å². The third-order valence-electron chi connectivity index (χ3n) is 9.21. The predicted molar refractivity (Wildman–Crippen MR) is 131 cm³/mol. The maximum atomic E-state index is 13.5. The first-order valence-electron chi connectivity index (χ1n) is 13.2. The van der Waals surface area contributed by atoms with Crippen LogP contribution in [0.1, 0.15) is 74.7 Å². The van der Waals surface area contributed by atoms with Gasteiger partial charge in [0.1, 0.15) is 30.3 Å².